The van der Waals surface area contributed by atoms with E-state index in [-0.39, 0.29) is 0 Å². The highest BCUT2D eigenvalue weighted by Crippen LogP contribution is 2.27. The smallest absolute Gasteiger partial charge is 0.153 e. The second-order valence-corrected chi connectivity index (χ2v) is 5.13. The number of benzene rings is 1. The lowest BCUT2D eigenvalue weighted by atomic mass is 10.2. The van der Waals surface area contributed by atoms with Crippen LogP contribution in [0.4, 0.5) is 0 Å². The Labute approximate surface area is 112 Å². The average molecular weight is 262 g/mol. The van der Waals surface area contributed by atoms with Gasteiger partial charge in [-0.3, -0.25) is 0 Å². The van der Waals surface area contributed by atoms with Gasteiger partial charge in [0.1, 0.15) is 5.76 Å². The van der Waals surface area contributed by atoms with E-state index < -0.39 is 0 Å². The molecule has 94 valence electrons. The summed E-state index contributed by atoms with van der Waals surface area (Å²) in [7, 11) is 0. The lowest BCUT2D eigenvalue weighted by Crippen LogP contribution is -2.16. The van der Waals surface area contributed by atoms with Crippen molar-refractivity contribution in [1.82, 2.24) is 5.32 Å². The molecule has 1 saturated carbocycles. The van der Waals surface area contributed by atoms with Gasteiger partial charge in [-0.15, -0.1) is 0 Å². The van der Waals surface area contributed by atoms with Crippen molar-refractivity contribution in [2.45, 2.75) is 25.3 Å². The second kappa shape index (κ2) is 5.17. The Balaban J connectivity index is 1.62. The van der Waals surface area contributed by atoms with E-state index in [9.17, 15) is 0 Å². The van der Waals surface area contributed by atoms with Crippen LogP contribution in [0, 0.1) is 0 Å². The van der Waals surface area contributed by atoms with Crippen molar-refractivity contribution >= 4 is 28.6 Å². The van der Waals surface area contributed by atoms with Gasteiger partial charge in [0.05, 0.1) is 5.02 Å². The highest BCUT2D eigenvalue weighted by Gasteiger charge is 2.19. The number of halogens is 1. The third kappa shape index (κ3) is 2.77. The van der Waals surface area contributed by atoms with E-state index in [1.807, 2.05) is 30.3 Å². The van der Waals surface area contributed by atoms with Crippen molar-refractivity contribution in [1.29, 1.82) is 0 Å². The molecule has 1 aromatic heterocycles. The van der Waals surface area contributed by atoms with Crippen LogP contribution in [0.2, 0.25) is 5.02 Å². The zero-order valence-corrected chi connectivity index (χ0v) is 10.9. The van der Waals surface area contributed by atoms with Gasteiger partial charge in [0, 0.05) is 11.4 Å². The molecule has 1 aromatic carbocycles. The molecular weight excluding hydrogens is 246 g/mol. The Morgan fingerprint density at radius 1 is 1.39 bits per heavy atom. The average Bonchev–Trinajstić information content (AvgIpc) is 3.08. The van der Waals surface area contributed by atoms with Crippen molar-refractivity contribution in [2.24, 2.45) is 0 Å². The zero-order chi connectivity index (χ0) is 12.4. The third-order valence-electron chi connectivity index (χ3n) is 3.12. The van der Waals surface area contributed by atoms with Gasteiger partial charge in [-0.2, -0.15) is 0 Å². The molecule has 0 saturated heterocycles. The number of hydrogen-bond acceptors (Lipinski definition) is 2. The van der Waals surface area contributed by atoms with Gasteiger partial charge in [0.15, 0.2) is 5.58 Å². The molecule has 0 spiro atoms. The molecule has 3 rings (SSSR count). The van der Waals surface area contributed by atoms with Crippen molar-refractivity contribution in [2.75, 3.05) is 6.54 Å². The molecule has 0 bridgehead atoms. The molecule has 0 unspecified atom stereocenters. The first-order valence-electron chi connectivity index (χ1n) is 6.41. The first kappa shape index (κ1) is 11.8. The number of fused-ring (bicyclic) bond motifs is 1. The number of furan rings is 1. The van der Waals surface area contributed by atoms with Crippen molar-refractivity contribution < 1.29 is 4.42 Å². The standard InChI is InChI=1S/C15H16ClNO/c16-14-6-3-4-11-10-13(18-15(11)14)5-1-2-9-17-12-7-8-12/h1,3-6,10,12,17H,2,7-9H2/b5-1+. The molecule has 0 atom stereocenters. The molecule has 1 N–H and O–H groups in total. The monoisotopic (exact) mass is 261 g/mol. The fourth-order valence-corrected chi connectivity index (χ4v) is 2.21. The maximum absolute atomic E-state index is 6.07. The van der Waals surface area contributed by atoms with Crippen molar-refractivity contribution in [3.05, 3.63) is 41.1 Å². The summed E-state index contributed by atoms with van der Waals surface area (Å²) in [4.78, 5) is 0. The largest absolute Gasteiger partial charge is 0.455 e. The molecular formula is C15H16ClNO. The fourth-order valence-electron chi connectivity index (χ4n) is 1.99. The van der Waals surface area contributed by atoms with Gasteiger partial charge in [-0.25, -0.2) is 0 Å². The van der Waals surface area contributed by atoms with Crippen LogP contribution in [-0.4, -0.2) is 12.6 Å². The molecule has 2 nitrogen and oxygen atoms in total. The van der Waals surface area contributed by atoms with E-state index in [1.165, 1.54) is 12.8 Å². The highest BCUT2D eigenvalue weighted by atomic mass is 35.5. The maximum Gasteiger partial charge on any atom is 0.153 e. The van der Waals surface area contributed by atoms with Gasteiger partial charge >= 0.3 is 0 Å². The Morgan fingerprint density at radius 2 is 2.28 bits per heavy atom. The van der Waals surface area contributed by atoms with Gasteiger partial charge in [-0.05, 0) is 44.0 Å². The van der Waals surface area contributed by atoms with E-state index >= 15 is 0 Å². The van der Waals surface area contributed by atoms with Crippen LogP contribution in [0.15, 0.2) is 34.8 Å². The SMILES string of the molecule is Clc1cccc2cc(/C=C/CCNC3CC3)oc12. The van der Waals surface area contributed by atoms with Gasteiger partial charge in [-0.1, -0.05) is 29.8 Å². The Hall–Kier alpha value is -1.25. The highest BCUT2D eigenvalue weighted by molar-refractivity contribution is 6.34. The van der Waals surface area contributed by atoms with Crippen LogP contribution in [0.25, 0.3) is 17.0 Å². The molecule has 1 aliphatic rings. The number of para-hydroxylation sites is 1. The van der Waals surface area contributed by atoms with Crippen LogP contribution in [0.3, 0.4) is 0 Å². The number of nitrogens with one attached hydrogen (secondary N) is 1. The molecule has 0 amide bonds. The minimum Gasteiger partial charge on any atom is -0.455 e. The summed E-state index contributed by atoms with van der Waals surface area (Å²) in [5, 5.41) is 5.20. The molecule has 0 aliphatic heterocycles. The van der Waals surface area contributed by atoms with E-state index in [0.29, 0.717) is 5.02 Å². The first-order chi connectivity index (χ1) is 8.83. The van der Waals surface area contributed by atoms with Crippen LogP contribution < -0.4 is 5.32 Å². The summed E-state index contributed by atoms with van der Waals surface area (Å²) in [5.41, 5.74) is 0.773. The fraction of sp³-hybridized carbons (Fsp3) is 0.333. The first-order valence-corrected chi connectivity index (χ1v) is 6.79. The van der Waals surface area contributed by atoms with E-state index in [2.05, 4.69) is 11.4 Å². The van der Waals surface area contributed by atoms with Crippen LogP contribution in [0.5, 0.6) is 0 Å². The number of hydrogen-bond donors (Lipinski definition) is 1. The van der Waals surface area contributed by atoms with Gasteiger partial charge in [0.2, 0.25) is 0 Å². The topological polar surface area (TPSA) is 25.2 Å². The lowest BCUT2D eigenvalue weighted by molar-refractivity contribution is 0.604. The predicted octanol–water partition coefficient (Wildman–Crippen LogP) is 4.24. The molecule has 1 fully saturated rings. The quantitative estimate of drug-likeness (QED) is 0.815. The normalized spacial score (nSPS) is 15.8. The van der Waals surface area contributed by atoms with Crippen LogP contribution in [-0.2, 0) is 0 Å². The number of rotatable bonds is 5. The van der Waals surface area contributed by atoms with E-state index in [4.69, 9.17) is 16.0 Å². The predicted molar refractivity (Wildman–Crippen MR) is 75.9 cm³/mol. The summed E-state index contributed by atoms with van der Waals surface area (Å²) in [6.45, 7) is 1.04. The summed E-state index contributed by atoms with van der Waals surface area (Å²) in [6, 6.07) is 8.60. The lowest BCUT2D eigenvalue weighted by Gasteiger charge is -1.96. The minimum atomic E-state index is 0.669. The summed E-state index contributed by atoms with van der Waals surface area (Å²) >= 11 is 6.07. The zero-order valence-electron chi connectivity index (χ0n) is 10.2. The molecule has 0 radical (unpaired) electrons. The summed E-state index contributed by atoms with van der Waals surface area (Å²) in [6.07, 6.45) is 7.87. The van der Waals surface area contributed by atoms with E-state index in [0.717, 1.165) is 35.7 Å². The molecule has 2 aromatic rings. The van der Waals surface area contributed by atoms with Crippen molar-refractivity contribution in [3.63, 3.8) is 0 Å². The maximum atomic E-state index is 6.07. The molecule has 3 heteroatoms. The molecule has 18 heavy (non-hydrogen) atoms. The minimum absolute atomic E-state index is 0.669. The molecule has 1 heterocycles. The van der Waals surface area contributed by atoms with Gasteiger partial charge in [0.25, 0.3) is 0 Å². The van der Waals surface area contributed by atoms with Crippen LogP contribution >= 0.6 is 11.6 Å². The Bertz CT molecular complexity index is 569. The van der Waals surface area contributed by atoms with Crippen LogP contribution in [0.1, 0.15) is 25.0 Å². The Morgan fingerprint density at radius 3 is 3.06 bits per heavy atom. The summed E-state index contributed by atoms with van der Waals surface area (Å²) < 4.78 is 5.70. The Kier molecular flexibility index (Phi) is 3.39. The van der Waals surface area contributed by atoms with E-state index in [1.54, 1.807) is 0 Å². The van der Waals surface area contributed by atoms with Gasteiger partial charge < -0.3 is 9.73 Å². The van der Waals surface area contributed by atoms with Crippen molar-refractivity contribution in [3.8, 4) is 0 Å². The molecule has 1 aliphatic carbocycles. The second-order valence-electron chi connectivity index (χ2n) is 4.73. The summed E-state index contributed by atoms with van der Waals surface area (Å²) in [5.74, 6) is 0.865. The third-order valence-corrected chi connectivity index (χ3v) is 3.42.